The Hall–Kier alpha value is -1.54. The van der Waals surface area contributed by atoms with Gasteiger partial charge in [-0.25, -0.2) is 0 Å². The minimum Gasteiger partial charge on any atom is -0.481 e. The van der Waals surface area contributed by atoms with Crippen LogP contribution in [0.25, 0.3) is 0 Å². The Balaban J connectivity index is 3.08. The van der Waals surface area contributed by atoms with E-state index in [-0.39, 0.29) is 18.7 Å². The molecule has 45 heavy (non-hydrogen) atoms. The summed E-state index contributed by atoms with van der Waals surface area (Å²) >= 11 is 0. The van der Waals surface area contributed by atoms with Gasteiger partial charge in [-0.3, -0.25) is 9.59 Å². The first-order valence-corrected chi connectivity index (χ1v) is 15.7. The van der Waals surface area contributed by atoms with Crippen LogP contribution in [-0.2, 0) is 61.7 Å². The van der Waals surface area contributed by atoms with Crippen LogP contribution < -0.4 is 11.1 Å². The van der Waals surface area contributed by atoms with Crippen LogP contribution in [0.15, 0.2) is 0 Å². The second kappa shape index (κ2) is 38.6. The van der Waals surface area contributed by atoms with Crippen molar-refractivity contribution in [2.75, 3.05) is 158 Å². The van der Waals surface area contributed by atoms with Crippen LogP contribution in [0, 0.1) is 0 Å². The first kappa shape index (κ1) is 43.5. The Morgan fingerprint density at radius 1 is 0.422 bits per heavy atom. The van der Waals surface area contributed by atoms with Gasteiger partial charge in [-0.05, 0) is 6.42 Å². The molecule has 0 saturated heterocycles. The number of aliphatic carboxylic acids is 1. The van der Waals surface area contributed by atoms with E-state index in [1.54, 1.807) is 0 Å². The van der Waals surface area contributed by atoms with E-state index in [1.807, 2.05) is 0 Å². The summed E-state index contributed by atoms with van der Waals surface area (Å²) in [6.45, 7) is 11.6. The third kappa shape index (κ3) is 40.4. The van der Waals surface area contributed by atoms with Gasteiger partial charge in [0.25, 0.3) is 0 Å². The van der Waals surface area contributed by atoms with Gasteiger partial charge in [0, 0.05) is 25.9 Å². The molecule has 16 nitrogen and oxygen atoms in total. The second-order valence-corrected chi connectivity index (χ2v) is 9.12. The topological polar surface area (TPSA) is 194 Å². The van der Waals surface area contributed by atoms with Crippen molar-refractivity contribution < 1.29 is 66.8 Å². The minimum absolute atomic E-state index is 0.00867. The van der Waals surface area contributed by atoms with Gasteiger partial charge in [0.05, 0.1) is 145 Å². The number of carbonyl (C=O) groups is 2. The lowest BCUT2D eigenvalue weighted by molar-refractivity contribution is -0.137. The standard InChI is InChI=1S/C29H58N2O14/c30-4-6-35-8-10-37-12-14-39-16-18-41-20-22-43-24-26-45-27-25-44-23-21-42-19-17-40-15-13-38-11-9-36-7-5-31-28(32)2-1-3-29(33)34/h1-27,30H2,(H,31,32)(H,33,34). The van der Waals surface area contributed by atoms with E-state index in [4.69, 9.17) is 62.9 Å². The van der Waals surface area contributed by atoms with E-state index < -0.39 is 5.97 Å². The molecule has 0 radical (unpaired) electrons. The largest absolute Gasteiger partial charge is 0.481 e. The number of carboxylic acid groups (broad SMARTS) is 1. The monoisotopic (exact) mass is 658 g/mol. The van der Waals surface area contributed by atoms with Crippen molar-refractivity contribution >= 4 is 11.9 Å². The average Bonchev–Trinajstić information content (AvgIpc) is 3.02. The molecule has 0 aliphatic heterocycles. The van der Waals surface area contributed by atoms with Crippen LogP contribution in [0.4, 0.5) is 0 Å². The van der Waals surface area contributed by atoms with Gasteiger partial charge in [0.15, 0.2) is 0 Å². The number of hydrogen-bond donors (Lipinski definition) is 3. The van der Waals surface area contributed by atoms with E-state index in [0.717, 1.165) is 0 Å². The van der Waals surface area contributed by atoms with Crippen molar-refractivity contribution in [1.29, 1.82) is 0 Å². The molecule has 0 atom stereocenters. The maximum absolute atomic E-state index is 11.5. The number of hydrogen-bond acceptors (Lipinski definition) is 14. The lowest BCUT2D eigenvalue weighted by Crippen LogP contribution is -2.27. The Morgan fingerprint density at radius 3 is 0.956 bits per heavy atom. The first-order valence-electron chi connectivity index (χ1n) is 15.7. The zero-order valence-corrected chi connectivity index (χ0v) is 26.9. The van der Waals surface area contributed by atoms with Crippen molar-refractivity contribution in [3.8, 4) is 0 Å². The average molecular weight is 659 g/mol. The molecule has 0 fully saturated rings. The molecule has 0 aliphatic carbocycles. The number of carbonyl (C=O) groups excluding carboxylic acids is 1. The number of nitrogens with one attached hydrogen (secondary N) is 1. The van der Waals surface area contributed by atoms with Crippen LogP contribution in [-0.4, -0.2) is 175 Å². The van der Waals surface area contributed by atoms with Gasteiger partial charge in [0.1, 0.15) is 0 Å². The highest BCUT2D eigenvalue weighted by Gasteiger charge is 2.03. The summed E-state index contributed by atoms with van der Waals surface area (Å²) in [5, 5.41) is 11.2. The Labute approximate surface area is 267 Å². The number of carboxylic acids is 1. The summed E-state index contributed by atoms with van der Waals surface area (Å²) in [7, 11) is 0. The van der Waals surface area contributed by atoms with Crippen LogP contribution in [0.2, 0.25) is 0 Å². The molecule has 1 amide bonds. The lowest BCUT2D eigenvalue weighted by Gasteiger charge is -2.09. The Morgan fingerprint density at radius 2 is 0.689 bits per heavy atom. The molecule has 0 aromatic carbocycles. The molecule has 0 unspecified atom stereocenters. The normalized spacial score (nSPS) is 11.3. The molecule has 0 saturated carbocycles. The van der Waals surface area contributed by atoms with Crippen LogP contribution in [0.1, 0.15) is 19.3 Å². The van der Waals surface area contributed by atoms with Crippen molar-refractivity contribution in [3.63, 3.8) is 0 Å². The third-order valence-corrected chi connectivity index (χ3v) is 5.35. The van der Waals surface area contributed by atoms with Crippen molar-refractivity contribution in [2.45, 2.75) is 19.3 Å². The zero-order valence-electron chi connectivity index (χ0n) is 26.9. The highest BCUT2D eigenvalue weighted by atomic mass is 16.6. The van der Waals surface area contributed by atoms with Crippen LogP contribution in [0.3, 0.4) is 0 Å². The van der Waals surface area contributed by atoms with Crippen LogP contribution in [0.5, 0.6) is 0 Å². The molecule has 0 aliphatic rings. The number of rotatable bonds is 39. The molecule has 0 rings (SSSR count). The summed E-state index contributed by atoms with van der Waals surface area (Å²) in [5.74, 6) is -1.08. The predicted molar refractivity (Wildman–Crippen MR) is 163 cm³/mol. The molecular formula is C29H58N2O14. The van der Waals surface area contributed by atoms with Crippen molar-refractivity contribution in [3.05, 3.63) is 0 Å². The number of nitrogens with two attached hydrogens (primary N) is 1. The maximum Gasteiger partial charge on any atom is 0.303 e. The zero-order chi connectivity index (χ0) is 32.7. The Kier molecular flexibility index (Phi) is 37.3. The molecule has 0 heterocycles. The van der Waals surface area contributed by atoms with E-state index in [0.29, 0.717) is 165 Å². The van der Waals surface area contributed by atoms with Gasteiger partial charge < -0.3 is 68.3 Å². The molecule has 0 spiro atoms. The number of amides is 1. The van der Waals surface area contributed by atoms with Gasteiger partial charge >= 0.3 is 5.97 Å². The molecule has 268 valence electrons. The molecule has 16 heteroatoms. The highest BCUT2D eigenvalue weighted by Crippen LogP contribution is 1.94. The molecule has 4 N–H and O–H groups in total. The first-order chi connectivity index (χ1) is 22.2. The van der Waals surface area contributed by atoms with E-state index in [1.165, 1.54) is 0 Å². The minimum atomic E-state index is -0.902. The molecule has 0 aromatic rings. The summed E-state index contributed by atoms with van der Waals surface area (Å²) in [4.78, 5) is 21.9. The molecule has 0 aromatic heterocycles. The van der Waals surface area contributed by atoms with Gasteiger partial charge in [-0.1, -0.05) is 0 Å². The highest BCUT2D eigenvalue weighted by molar-refractivity contribution is 5.76. The second-order valence-electron chi connectivity index (χ2n) is 9.12. The van der Waals surface area contributed by atoms with E-state index in [9.17, 15) is 9.59 Å². The molecule has 0 bridgehead atoms. The van der Waals surface area contributed by atoms with E-state index in [2.05, 4.69) is 5.32 Å². The molecular weight excluding hydrogens is 600 g/mol. The fraction of sp³-hybridized carbons (Fsp3) is 0.931. The van der Waals surface area contributed by atoms with Crippen LogP contribution >= 0.6 is 0 Å². The predicted octanol–water partition coefficient (Wildman–Crippen LogP) is -0.501. The summed E-state index contributed by atoms with van der Waals surface area (Å²) in [6.07, 6.45) is 0.519. The smallest absolute Gasteiger partial charge is 0.303 e. The maximum atomic E-state index is 11.5. The summed E-state index contributed by atoms with van der Waals surface area (Å²) < 4.78 is 59.4. The summed E-state index contributed by atoms with van der Waals surface area (Å²) in [5.41, 5.74) is 5.32. The van der Waals surface area contributed by atoms with Crippen molar-refractivity contribution in [1.82, 2.24) is 5.32 Å². The third-order valence-electron chi connectivity index (χ3n) is 5.35. The van der Waals surface area contributed by atoms with Gasteiger partial charge in [-0.15, -0.1) is 0 Å². The van der Waals surface area contributed by atoms with Gasteiger partial charge in [0.2, 0.25) is 5.91 Å². The lowest BCUT2D eigenvalue weighted by atomic mass is 10.2. The fourth-order valence-corrected chi connectivity index (χ4v) is 3.14. The quantitative estimate of drug-likeness (QED) is 0.0715. The van der Waals surface area contributed by atoms with Gasteiger partial charge in [-0.2, -0.15) is 0 Å². The SMILES string of the molecule is NCCOCCOCCOCCOCCOCCOCCOCCOCCOCCOCCOCCNC(=O)CCCC(=O)O. The Bertz CT molecular complexity index is 622. The summed E-state index contributed by atoms with van der Waals surface area (Å²) in [6, 6.07) is 0. The van der Waals surface area contributed by atoms with Crippen molar-refractivity contribution in [2.24, 2.45) is 5.73 Å². The number of ether oxygens (including phenoxy) is 11. The van der Waals surface area contributed by atoms with E-state index >= 15 is 0 Å². The fourth-order valence-electron chi connectivity index (χ4n) is 3.14.